The van der Waals surface area contributed by atoms with Crippen molar-refractivity contribution >= 4 is 39.8 Å². The van der Waals surface area contributed by atoms with Crippen molar-refractivity contribution < 1.29 is 0 Å². The average molecular weight is 358 g/mol. The monoisotopic (exact) mass is 357 g/mol. The summed E-state index contributed by atoms with van der Waals surface area (Å²) in [5.74, 6) is 0. The molecule has 0 atom stereocenters. The lowest BCUT2D eigenvalue weighted by atomic mass is 10.1. The summed E-state index contributed by atoms with van der Waals surface area (Å²) < 4.78 is 0. The van der Waals surface area contributed by atoms with Crippen LogP contribution >= 0.6 is 23.8 Å². The second kappa shape index (κ2) is 8.18. The molecule has 3 nitrogen and oxygen atoms in total. The van der Waals surface area contributed by atoms with Crippen molar-refractivity contribution in [2.24, 2.45) is 0 Å². The molecular weight excluding hydrogens is 338 g/mol. The minimum Gasteiger partial charge on any atom is -0.362 e. The summed E-state index contributed by atoms with van der Waals surface area (Å²) in [6, 6.07) is 16.3. The Kier molecular flexibility index (Phi) is 5.72. The van der Waals surface area contributed by atoms with E-state index in [-0.39, 0.29) is 0 Å². The van der Waals surface area contributed by atoms with E-state index in [1.54, 1.807) is 0 Å². The molecule has 24 heavy (non-hydrogen) atoms. The van der Waals surface area contributed by atoms with Crippen LogP contribution in [0, 0.1) is 0 Å². The van der Waals surface area contributed by atoms with Crippen LogP contribution in [0.1, 0.15) is 11.1 Å². The number of hydrogen-bond donors (Lipinski definition) is 3. The van der Waals surface area contributed by atoms with E-state index in [2.05, 4.69) is 39.9 Å². The molecule has 0 bridgehead atoms. The predicted octanol–water partition coefficient (Wildman–Crippen LogP) is 4.07. The Bertz CT molecular complexity index is 814. The molecule has 0 aliphatic heterocycles. The summed E-state index contributed by atoms with van der Waals surface area (Å²) >= 11 is 11.4. The molecule has 0 unspecified atom stereocenters. The van der Waals surface area contributed by atoms with Gasteiger partial charge in [-0.3, -0.25) is 0 Å². The fourth-order valence-electron chi connectivity index (χ4n) is 2.70. The summed E-state index contributed by atoms with van der Waals surface area (Å²) in [7, 11) is 0. The number of rotatable bonds is 6. The quantitative estimate of drug-likeness (QED) is 0.582. The van der Waals surface area contributed by atoms with Gasteiger partial charge in [-0.2, -0.15) is 0 Å². The van der Waals surface area contributed by atoms with Crippen molar-refractivity contribution in [2.75, 3.05) is 13.1 Å². The van der Waals surface area contributed by atoms with Crippen LogP contribution in [0.25, 0.3) is 10.9 Å². The second-order valence-corrected chi connectivity index (χ2v) is 6.52. The van der Waals surface area contributed by atoms with E-state index in [0.29, 0.717) is 5.11 Å². The van der Waals surface area contributed by atoms with Crippen molar-refractivity contribution in [1.29, 1.82) is 0 Å². The highest BCUT2D eigenvalue weighted by Crippen LogP contribution is 2.22. The molecule has 1 aromatic heterocycles. The molecule has 0 saturated carbocycles. The molecule has 3 rings (SSSR count). The van der Waals surface area contributed by atoms with Gasteiger partial charge in [0, 0.05) is 35.2 Å². The van der Waals surface area contributed by atoms with Gasteiger partial charge in [-0.05, 0) is 54.4 Å². The SMILES string of the molecule is S=C(NCCc1ccccc1)NCCc1c[nH]c2ccc(Cl)cc12. The number of H-pyrrole nitrogens is 1. The molecule has 0 aliphatic carbocycles. The molecule has 0 radical (unpaired) electrons. The van der Waals surface area contributed by atoms with Crippen molar-refractivity contribution in [1.82, 2.24) is 15.6 Å². The van der Waals surface area contributed by atoms with Gasteiger partial charge in [0.1, 0.15) is 0 Å². The van der Waals surface area contributed by atoms with Gasteiger partial charge < -0.3 is 15.6 Å². The molecule has 0 fully saturated rings. The van der Waals surface area contributed by atoms with Gasteiger partial charge in [-0.25, -0.2) is 0 Å². The van der Waals surface area contributed by atoms with Gasteiger partial charge in [-0.1, -0.05) is 41.9 Å². The summed E-state index contributed by atoms with van der Waals surface area (Å²) in [4.78, 5) is 3.27. The van der Waals surface area contributed by atoms with Crippen molar-refractivity contribution in [3.8, 4) is 0 Å². The van der Waals surface area contributed by atoms with Gasteiger partial charge in [-0.15, -0.1) is 0 Å². The lowest BCUT2D eigenvalue weighted by molar-refractivity contribution is 0.804. The summed E-state index contributed by atoms with van der Waals surface area (Å²) in [6.07, 6.45) is 3.89. The molecule has 0 amide bonds. The molecule has 3 aromatic rings. The largest absolute Gasteiger partial charge is 0.362 e. The standard InChI is InChI=1S/C19H20ClN3S/c20-16-6-7-18-17(12-16)15(13-23-18)9-11-22-19(24)21-10-8-14-4-2-1-3-5-14/h1-7,12-13,23H,8-11H2,(H2,21,22,24). The first-order valence-corrected chi connectivity index (χ1v) is 8.82. The minimum absolute atomic E-state index is 0.698. The van der Waals surface area contributed by atoms with E-state index in [1.165, 1.54) is 16.5 Å². The maximum Gasteiger partial charge on any atom is 0.166 e. The molecule has 0 spiro atoms. The third-order valence-electron chi connectivity index (χ3n) is 3.95. The zero-order chi connectivity index (χ0) is 16.8. The van der Waals surface area contributed by atoms with Gasteiger partial charge in [0.15, 0.2) is 5.11 Å². The smallest absolute Gasteiger partial charge is 0.166 e. The highest BCUT2D eigenvalue weighted by Gasteiger charge is 2.04. The summed E-state index contributed by atoms with van der Waals surface area (Å²) in [5, 5.41) is 9.14. The van der Waals surface area contributed by atoms with Crippen LogP contribution in [0.2, 0.25) is 5.02 Å². The van der Waals surface area contributed by atoms with E-state index >= 15 is 0 Å². The van der Waals surface area contributed by atoms with Crippen molar-refractivity contribution in [3.05, 3.63) is 70.9 Å². The molecule has 0 saturated heterocycles. The highest BCUT2D eigenvalue weighted by molar-refractivity contribution is 7.80. The third kappa shape index (κ3) is 4.49. The van der Waals surface area contributed by atoms with Crippen LogP contribution in [-0.4, -0.2) is 23.2 Å². The van der Waals surface area contributed by atoms with E-state index < -0.39 is 0 Å². The molecule has 5 heteroatoms. The van der Waals surface area contributed by atoms with Gasteiger partial charge in [0.25, 0.3) is 0 Å². The number of halogens is 1. The van der Waals surface area contributed by atoms with E-state index in [1.807, 2.05) is 30.5 Å². The molecular formula is C19H20ClN3S. The van der Waals surface area contributed by atoms with Crippen LogP contribution < -0.4 is 10.6 Å². The maximum absolute atomic E-state index is 6.08. The summed E-state index contributed by atoms with van der Waals surface area (Å²) in [6.45, 7) is 1.62. The van der Waals surface area contributed by atoms with Gasteiger partial charge in [0.2, 0.25) is 0 Å². The summed E-state index contributed by atoms with van der Waals surface area (Å²) in [5.41, 5.74) is 3.66. The predicted molar refractivity (Wildman–Crippen MR) is 106 cm³/mol. The van der Waals surface area contributed by atoms with Crippen LogP contribution in [0.3, 0.4) is 0 Å². The van der Waals surface area contributed by atoms with E-state index in [9.17, 15) is 0 Å². The first-order valence-electron chi connectivity index (χ1n) is 8.03. The van der Waals surface area contributed by atoms with E-state index in [0.717, 1.165) is 36.5 Å². The Hall–Kier alpha value is -2.04. The Morgan fingerprint density at radius 3 is 2.54 bits per heavy atom. The number of benzene rings is 2. The first-order chi connectivity index (χ1) is 11.7. The Labute approximate surface area is 152 Å². The second-order valence-electron chi connectivity index (χ2n) is 5.67. The van der Waals surface area contributed by atoms with Crippen LogP contribution in [0.15, 0.2) is 54.7 Å². The maximum atomic E-state index is 6.08. The van der Waals surface area contributed by atoms with E-state index in [4.69, 9.17) is 23.8 Å². The minimum atomic E-state index is 0.698. The van der Waals surface area contributed by atoms with Gasteiger partial charge in [0.05, 0.1) is 0 Å². The Morgan fingerprint density at radius 2 is 1.75 bits per heavy atom. The lowest BCUT2D eigenvalue weighted by Crippen LogP contribution is -2.37. The zero-order valence-electron chi connectivity index (χ0n) is 13.3. The number of aromatic nitrogens is 1. The Morgan fingerprint density at radius 1 is 1.00 bits per heavy atom. The first kappa shape index (κ1) is 16.8. The fraction of sp³-hybridized carbons (Fsp3) is 0.211. The van der Waals surface area contributed by atoms with Crippen LogP contribution in [0.4, 0.5) is 0 Å². The average Bonchev–Trinajstić information content (AvgIpc) is 2.98. The van der Waals surface area contributed by atoms with Crippen LogP contribution in [-0.2, 0) is 12.8 Å². The fourth-order valence-corrected chi connectivity index (χ4v) is 3.07. The number of thiocarbonyl (C=S) groups is 1. The number of nitrogens with one attached hydrogen (secondary N) is 3. The number of aromatic amines is 1. The number of fused-ring (bicyclic) bond motifs is 1. The van der Waals surface area contributed by atoms with Crippen LogP contribution in [0.5, 0.6) is 0 Å². The molecule has 1 heterocycles. The zero-order valence-corrected chi connectivity index (χ0v) is 14.9. The topological polar surface area (TPSA) is 39.8 Å². The third-order valence-corrected chi connectivity index (χ3v) is 4.48. The lowest BCUT2D eigenvalue weighted by Gasteiger charge is -2.10. The molecule has 3 N–H and O–H groups in total. The normalized spacial score (nSPS) is 10.7. The molecule has 2 aromatic carbocycles. The van der Waals surface area contributed by atoms with Crippen molar-refractivity contribution in [3.63, 3.8) is 0 Å². The van der Waals surface area contributed by atoms with Gasteiger partial charge >= 0.3 is 0 Å². The molecule has 124 valence electrons. The Balaban J connectivity index is 1.42. The molecule has 0 aliphatic rings. The number of hydrogen-bond acceptors (Lipinski definition) is 1. The highest BCUT2D eigenvalue weighted by atomic mass is 35.5. The van der Waals surface area contributed by atoms with Crippen molar-refractivity contribution in [2.45, 2.75) is 12.8 Å².